The zero-order chi connectivity index (χ0) is 17.6. The fraction of sp³-hybridized carbons (Fsp3) is 0.222. The lowest BCUT2D eigenvalue weighted by Crippen LogP contribution is -2.49. The molecule has 0 spiro atoms. The lowest BCUT2D eigenvalue weighted by Gasteiger charge is -2.23. The van der Waals surface area contributed by atoms with Crippen molar-refractivity contribution >= 4 is 29.1 Å². The summed E-state index contributed by atoms with van der Waals surface area (Å²) >= 11 is 11.6. The van der Waals surface area contributed by atoms with Crippen molar-refractivity contribution in [3.8, 4) is 11.8 Å². The van der Waals surface area contributed by atoms with E-state index in [0.717, 1.165) is 5.56 Å². The van der Waals surface area contributed by atoms with Gasteiger partial charge in [0.25, 0.3) is 0 Å². The third-order valence-corrected chi connectivity index (χ3v) is 3.79. The molecule has 0 heterocycles. The molecule has 1 N–H and O–H groups in total. The molecule has 124 valence electrons. The zero-order valence-corrected chi connectivity index (χ0v) is 14.6. The van der Waals surface area contributed by atoms with E-state index in [0.29, 0.717) is 15.8 Å². The molecule has 0 saturated carbocycles. The van der Waals surface area contributed by atoms with Gasteiger partial charge in [-0.1, -0.05) is 35.3 Å². The molecule has 6 heteroatoms. The molecule has 0 saturated heterocycles. The molecule has 0 aliphatic heterocycles. The van der Waals surface area contributed by atoms with Gasteiger partial charge >= 0.3 is 0 Å². The minimum absolute atomic E-state index is 0.0253. The first-order chi connectivity index (χ1) is 11.4. The molecular formula is C18H16Cl2N2O2. The summed E-state index contributed by atoms with van der Waals surface area (Å²) in [6.45, 7) is 1.64. The summed E-state index contributed by atoms with van der Waals surface area (Å²) in [5, 5.41) is 13.3. The maximum absolute atomic E-state index is 12.2. The average molecular weight is 363 g/mol. The Hall–Kier alpha value is -2.22. The highest BCUT2D eigenvalue weighted by Crippen LogP contribution is 2.17. The zero-order valence-electron chi connectivity index (χ0n) is 13.1. The van der Waals surface area contributed by atoms with Crippen LogP contribution in [0.2, 0.25) is 10.0 Å². The normalized spacial score (nSPS) is 12.8. The molecule has 0 aromatic heterocycles. The molecule has 2 rings (SSSR count). The minimum Gasteiger partial charge on any atom is -0.490 e. The first kappa shape index (κ1) is 18.1. The summed E-state index contributed by atoms with van der Waals surface area (Å²) in [5.74, 6) is 0.314. The van der Waals surface area contributed by atoms with Crippen molar-refractivity contribution in [2.45, 2.75) is 18.9 Å². The van der Waals surface area contributed by atoms with Crippen LogP contribution in [0.15, 0.2) is 48.5 Å². The Morgan fingerprint density at radius 2 is 1.67 bits per heavy atom. The van der Waals surface area contributed by atoms with E-state index in [1.807, 2.05) is 0 Å². The number of hydrogen-bond acceptors (Lipinski definition) is 3. The molecule has 2 aromatic carbocycles. The SMILES string of the molecule is CC(C#N)(COc1ccc(Cl)cc1)NC(=O)Cc1ccc(Cl)cc1. The summed E-state index contributed by atoms with van der Waals surface area (Å²) in [4.78, 5) is 12.2. The van der Waals surface area contributed by atoms with Crippen molar-refractivity contribution in [1.82, 2.24) is 5.32 Å². The van der Waals surface area contributed by atoms with E-state index < -0.39 is 5.54 Å². The summed E-state index contributed by atoms with van der Waals surface area (Å²) < 4.78 is 5.57. The fourth-order valence-corrected chi connectivity index (χ4v) is 2.25. The second-order valence-electron chi connectivity index (χ2n) is 5.54. The second-order valence-corrected chi connectivity index (χ2v) is 6.41. The summed E-state index contributed by atoms with van der Waals surface area (Å²) in [6.07, 6.45) is 0.162. The molecule has 1 amide bonds. The van der Waals surface area contributed by atoms with Crippen LogP contribution in [0.1, 0.15) is 12.5 Å². The molecule has 24 heavy (non-hydrogen) atoms. The van der Waals surface area contributed by atoms with Gasteiger partial charge in [0.1, 0.15) is 12.4 Å². The number of hydrogen-bond donors (Lipinski definition) is 1. The fourth-order valence-electron chi connectivity index (χ4n) is 1.99. The lowest BCUT2D eigenvalue weighted by atomic mass is 10.0. The number of benzene rings is 2. The molecule has 0 bridgehead atoms. The predicted octanol–water partition coefficient (Wildman–Crippen LogP) is 4.01. The number of carbonyl (C=O) groups excluding carboxylic acids is 1. The Morgan fingerprint density at radius 3 is 2.21 bits per heavy atom. The molecular weight excluding hydrogens is 347 g/mol. The maximum atomic E-state index is 12.2. The van der Waals surface area contributed by atoms with Gasteiger partial charge in [-0.2, -0.15) is 5.26 Å². The smallest absolute Gasteiger partial charge is 0.225 e. The largest absolute Gasteiger partial charge is 0.490 e. The maximum Gasteiger partial charge on any atom is 0.225 e. The number of halogens is 2. The molecule has 4 nitrogen and oxygen atoms in total. The summed E-state index contributed by atoms with van der Waals surface area (Å²) in [5.41, 5.74) is -0.320. The van der Waals surface area contributed by atoms with Crippen molar-refractivity contribution in [3.05, 3.63) is 64.1 Å². The van der Waals surface area contributed by atoms with Crippen LogP contribution in [0.3, 0.4) is 0 Å². The van der Waals surface area contributed by atoms with Crippen molar-refractivity contribution in [3.63, 3.8) is 0 Å². The first-order valence-corrected chi connectivity index (χ1v) is 8.01. The monoisotopic (exact) mass is 362 g/mol. The Morgan fingerprint density at radius 1 is 1.12 bits per heavy atom. The van der Waals surface area contributed by atoms with Crippen LogP contribution >= 0.6 is 23.2 Å². The third kappa shape index (κ3) is 5.45. The van der Waals surface area contributed by atoms with Crippen LogP contribution in [-0.2, 0) is 11.2 Å². The van der Waals surface area contributed by atoms with Crippen LogP contribution in [0, 0.1) is 11.3 Å². The van der Waals surface area contributed by atoms with Gasteiger partial charge in [-0.3, -0.25) is 4.79 Å². The molecule has 0 aliphatic rings. The number of nitrogens with zero attached hydrogens (tertiary/aromatic N) is 1. The van der Waals surface area contributed by atoms with Crippen molar-refractivity contribution in [2.24, 2.45) is 0 Å². The highest BCUT2D eigenvalue weighted by atomic mass is 35.5. The molecule has 0 radical (unpaired) electrons. The van der Waals surface area contributed by atoms with Gasteiger partial charge in [0, 0.05) is 10.0 Å². The van der Waals surface area contributed by atoms with Gasteiger partial charge in [0.05, 0.1) is 12.5 Å². The Kier molecular flexibility index (Phi) is 6.08. The minimum atomic E-state index is -1.14. The molecule has 0 aliphatic carbocycles. The van der Waals surface area contributed by atoms with Crippen LogP contribution in [0.5, 0.6) is 5.75 Å². The summed E-state index contributed by atoms with van der Waals surface area (Å²) in [7, 11) is 0. The standard InChI is InChI=1S/C18H16Cl2N2O2/c1-18(11-21,12-24-16-8-6-15(20)7-9-16)22-17(23)10-13-2-4-14(19)5-3-13/h2-9H,10,12H2,1H3,(H,22,23). The van der Waals surface area contributed by atoms with Gasteiger partial charge in [-0.15, -0.1) is 0 Å². The topological polar surface area (TPSA) is 62.1 Å². The van der Waals surface area contributed by atoms with Crippen LogP contribution < -0.4 is 10.1 Å². The van der Waals surface area contributed by atoms with Crippen LogP contribution in [0.4, 0.5) is 0 Å². The molecule has 2 aromatic rings. The molecule has 1 atom stereocenters. The van der Waals surface area contributed by atoms with Crippen molar-refractivity contribution < 1.29 is 9.53 Å². The van der Waals surface area contributed by atoms with Gasteiger partial charge in [0.15, 0.2) is 5.54 Å². The Labute approximate surface area is 151 Å². The van der Waals surface area contributed by atoms with E-state index in [1.54, 1.807) is 55.5 Å². The van der Waals surface area contributed by atoms with E-state index in [4.69, 9.17) is 27.9 Å². The van der Waals surface area contributed by atoms with E-state index in [9.17, 15) is 10.1 Å². The molecule has 1 unspecified atom stereocenters. The van der Waals surface area contributed by atoms with E-state index in [2.05, 4.69) is 11.4 Å². The van der Waals surface area contributed by atoms with E-state index >= 15 is 0 Å². The third-order valence-electron chi connectivity index (χ3n) is 3.28. The molecule has 0 fully saturated rings. The average Bonchev–Trinajstić information content (AvgIpc) is 2.56. The Balaban J connectivity index is 1.93. The van der Waals surface area contributed by atoms with E-state index in [-0.39, 0.29) is 18.9 Å². The van der Waals surface area contributed by atoms with Crippen molar-refractivity contribution in [2.75, 3.05) is 6.61 Å². The predicted molar refractivity (Wildman–Crippen MR) is 94.3 cm³/mol. The Bertz CT molecular complexity index is 739. The second kappa shape index (κ2) is 8.05. The van der Waals surface area contributed by atoms with Crippen molar-refractivity contribution in [1.29, 1.82) is 5.26 Å². The number of nitriles is 1. The van der Waals surface area contributed by atoms with Crippen LogP contribution in [-0.4, -0.2) is 18.1 Å². The number of rotatable bonds is 6. The number of carbonyl (C=O) groups is 1. The highest BCUT2D eigenvalue weighted by molar-refractivity contribution is 6.30. The summed E-state index contributed by atoms with van der Waals surface area (Å²) in [6, 6.07) is 15.9. The first-order valence-electron chi connectivity index (χ1n) is 7.25. The van der Waals surface area contributed by atoms with Gasteiger partial charge in [-0.25, -0.2) is 0 Å². The lowest BCUT2D eigenvalue weighted by molar-refractivity contribution is -0.121. The number of ether oxygens (including phenoxy) is 1. The number of amides is 1. The van der Waals surface area contributed by atoms with Gasteiger partial charge in [-0.05, 0) is 48.9 Å². The quantitative estimate of drug-likeness (QED) is 0.844. The van der Waals surface area contributed by atoms with E-state index in [1.165, 1.54) is 0 Å². The van der Waals surface area contributed by atoms with Gasteiger partial charge < -0.3 is 10.1 Å². The number of nitrogens with one attached hydrogen (secondary N) is 1. The van der Waals surface area contributed by atoms with Crippen LogP contribution in [0.25, 0.3) is 0 Å². The highest BCUT2D eigenvalue weighted by Gasteiger charge is 2.27. The van der Waals surface area contributed by atoms with Gasteiger partial charge in [0.2, 0.25) is 5.91 Å².